The SMILES string of the molecule is CC/C=C/CC/C=C/CC/C=C/C(O)C(COP(=O)(O)OCC[N+](C)(C)C)NC(=O)CCCCCCCCCCC/C=C\CCCCCCCCCC. The summed E-state index contributed by atoms with van der Waals surface area (Å²) in [7, 11) is 1.54. The van der Waals surface area contributed by atoms with Crippen LogP contribution in [-0.4, -0.2) is 73.4 Å². The van der Waals surface area contributed by atoms with E-state index in [0.29, 0.717) is 17.4 Å². The molecule has 0 aliphatic heterocycles. The summed E-state index contributed by atoms with van der Waals surface area (Å²) in [6, 6.07) is -0.868. The summed E-state index contributed by atoms with van der Waals surface area (Å²) in [6.45, 7) is 4.64. The van der Waals surface area contributed by atoms with E-state index in [9.17, 15) is 19.4 Å². The van der Waals surface area contributed by atoms with Crippen molar-refractivity contribution in [2.75, 3.05) is 40.9 Å². The predicted molar refractivity (Wildman–Crippen MR) is 226 cm³/mol. The van der Waals surface area contributed by atoms with Gasteiger partial charge in [-0.1, -0.05) is 152 Å². The Labute approximate surface area is 327 Å². The molecule has 8 nitrogen and oxygen atoms in total. The van der Waals surface area contributed by atoms with E-state index >= 15 is 0 Å². The number of aliphatic hydroxyl groups excluding tert-OH is 1. The van der Waals surface area contributed by atoms with Gasteiger partial charge in [0.1, 0.15) is 13.2 Å². The van der Waals surface area contributed by atoms with E-state index in [4.69, 9.17) is 9.05 Å². The van der Waals surface area contributed by atoms with Gasteiger partial charge in [0.2, 0.25) is 5.91 Å². The number of phosphoric ester groups is 1. The Morgan fingerprint density at radius 2 is 1.09 bits per heavy atom. The molecule has 0 fully saturated rings. The Bertz CT molecular complexity index is 1010. The zero-order valence-corrected chi connectivity index (χ0v) is 35.9. The van der Waals surface area contributed by atoms with Crippen LogP contribution in [0.3, 0.4) is 0 Å². The second-order valence-electron chi connectivity index (χ2n) is 15.7. The maximum absolute atomic E-state index is 12.8. The molecule has 0 spiro atoms. The lowest BCUT2D eigenvalue weighted by Crippen LogP contribution is -2.45. The molecular formula is C44H84N2O6P+. The molecule has 3 atom stereocenters. The molecule has 0 aliphatic carbocycles. The highest BCUT2D eigenvalue weighted by Gasteiger charge is 2.27. The molecule has 9 heteroatoms. The first kappa shape index (κ1) is 51.5. The Morgan fingerprint density at radius 1 is 0.642 bits per heavy atom. The average Bonchev–Trinajstić information content (AvgIpc) is 3.10. The van der Waals surface area contributed by atoms with Crippen molar-refractivity contribution in [2.45, 2.75) is 187 Å². The number of hydrogen-bond acceptors (Lipinski definition) is 5. The third-order valence-electron chi connectivity index (χ3n) is 9.26. The molecule has 0 heterocycles. The van der Waals surface area contributed by atoms with Gasteiger partial charge in [-0.3, -0.25) is 13.8 Å². The molecule has 3 unspecified atom stereocenters. The van der Waals surface area contributed by atoms with E-state index < -0.39 is 20.0 Å². The number of allylic oxidation sites excluding steroid dienone is 7. The van der Waals surface area contributed by atoms with Gasteiger partial charge in [0.15, 0.2) is 0 Å². The summed E-state index contributed by atoms with van der Waals surface area (Å²) in [5, 5.41) is 13.7. The van der Waals surface area contributed by atoms with Gasteiger partial charge in [-0.15, -0.1) is 0 Å². The molecule has 1 amide bonds. The molecule has 0 bridgehead atoms. The minimum Gasteiger partial charge on any atom is -0.387 e. The lowest BCUT2D eigenvalue weighted by Gasteiger charge is -2.25. The standard InChI is InChI=1S/C44H83N2O6P/c1-6-8-10-12-14-16-18-19-20-21-22-23-24-25-26-27-28-30-32-34-36-38-44(48)45-42(41-52-53(49,50)51-40-39-46(3,4)5)43(47)37-35-33-31-29-17-15-13-11-9-7-2/h9,11,17,21-22,29,35,37,42-43,47H,6-8,10,12-16,18-20,23-28,30-34,36,38-41H2,1-5H3,(H-,45,48,49,50)/p+1/b11-9+,22-21-,29-17+,37-35+. The van der Waals surface area contributed by atoms with Crippen molar-refractivity contribution in [3.05, 3.63) is 48.6 Å². The van der Waals surface area contributed by atoms with Crippen molar-refractivity contribution in [1.82, 2.24) is 5.32 Å². The van der Waals surface area contributed by atoms with Gasteiger partial charge in [0.25, 0.3) is 0 Å². The highest BCUT2D eigenvalue weighted by atomic mass is 31.2. The highest BCUT2D eigenvalue weighted by molar-refractivity contribution is 7.47. The zero-order valence-electron chi connectivity index (χ0n) is 35.0. The van der Waals surface area contributed by atoms with Gasteiger partial charge < -0.3 is 19.8 Å². The van der Waals surface area contributed by atoms with Crippen LogP contribution in [0.5, 0.6) is 0 Å². The van der Waals surface area contributed by atoms with Gasteiger partial charge in [-0.2, -0.15) is 0 Å². The van der Waals surface area contributed by atoms with Crippen LogP contribution in [0.2, 0.25) is 0 Å². The first-order chi connectivity index (χ1) is 25.5. The third-order valence-corrected chi connectivity index (χ3v) is 10.2. The molecule has 3 N–H and O–H groups in total. The fourth-order valence-corrected chi connectivity index (χ4v) is 6.57. The number of quaternary nitrogens is 1. The monoisotopic (exact) mass is 768 g/mol. The summed E-state index contributed by atoms with van der Waals surface area (Å²) in [4.78, 5) is 23.0. The number of rotatable bonds is 38. The number of likely N-dealkylation sites (N-methyl/N-ethyl adjacent to an activating group) is 1. The summed E-state index contributed by atoms with van der Waals surface area (Å²) < 4.78 is 23.4. The van der Waals surface area contributed by atoms with E-state index in [2.05, 4.69) is 55.6 Å². The van der Waals surface area contributed by atoms with E-state index in [1.165, 1.54) is 103 Å². The van der Waals surface area contributed by atoms with Crippen molar-refractivity contribution >= 4 is 13.7 Å². The lowest BCUT2D eigenvalue weighted by molar-refractivity contribution is -0.870. The molecule has 310 valence electrons. The van der Waals surface area contributed by atoms with Crippen molar-refractivity contribution in [2.24, 2.45) is 0 Å². The van der Waals surface area contributed by atoms with Gasteiger partial charge >= 0.3 is 7.82 Å². The predicted octanol–water partition coefficient (Wildman–Crippen LogP) is 11.7. The van der Waals surface area contributed by atoms with Crippen LogP contribution in [0, 0.1) is 0 Å². The van der Waals surface area contributed by atoms with Crippen LogP contribution in [0.4, 0.5) is 0 Å². The van der Waals surface area contributed by atoms with Crippen LogP contribution in [-0.2, 0) is 18.4 Å². The minimum atomic E-state index is -4.34. The van der Waals surface area contributed by atoms with Crippen molar-refractivity contribution in [1.29, 1.82) is 0 Å². The summed E-state index contributed by atoms with van der Waals surface area (Å²) in [5.41, 5.74) is 0. The first-order valence-electron chi connectivity index (χ1n) is 21.5. The van der Waals surface area contributed by atoms with E-state index in [-0.39, 0.29) is 19.1 Å². The van der Waals surface area contributed by atoms with E-state index in [1.807, 2.05) is 27.2 Å². The van der Waals surface area contributed by atoms with E-state index in [1.54, 1.807) is 6.08 Å². The Kier molecular flexibility index (Phi) is 35.1. The third kappa shape index (κ3) is 38.5. The Hall–Kier alpha value is -1.54. The molecule has 0 saturated carbocycles. The number of carbonyl (C=O) groups excluding carboxylic acids is 1. The van der Waals surface area contributed by atoms with Crippen LogP contribution >= 0.6 is 7.82 Å². The molecule has 0 rings (SSSR count). The summed E-state index contributed by atoms with van der Waals surface area (Å²) >= 11 is 0. The van der Waals surface area contributed by atoms with Gasteiger partial charge in [-0.05, 0) is 64.2 Å². The van der Waals surface area contributed by atoms with Gasteiger partial charge in [0, 0.05) is 6.42 Å². The lowest BCUT2D eigenvalue weighted by atomic mass is 10.0. The summed E-state index contributed by atoms with van der Waals surface area (Å²) in [6.07, 6.45) is 44.8. The largest absolute Gasteiger partial charge is 0.472 e. The molecule has 0 radical (unpaired) electrons. The first-order valence-corrected chi connectivity index (χ1v) is 23.0. The molecule has 0 saturated heterocycles. The molecule has 53 heavy (non-hydrogen) atoms. The van der Waals surface area contributed by atoms with Crippen molar-refractivity contribution in [3.63, 3.8) is 0 Å². The van der Waals surface area contributed by atoms with Gasteiger partial charge in [0.05, 0.1) is 39.9 Å². The van der Waals surface area contributed by atoms with Crippen LogP contribution in [0.15, 0.2) is 48.6 Å². The normalized spacial score (nSPS) is 14.9. The van der Waals surface area contributed by atoms with Crippen molar-refractivity contribution < 1.29 is 32.9 Å². The van der Waals surface area contributed by atoms with Crippen LogP contribution < -0.4 is 5.32 Å². The number of phosphoric acid groups is 1. The van der Waals surface area contributed by atoms with Crippen molar-refractivity contribution in [3.8, 4) is 0 Å². The number of nitrogens with zero attached hydrogens (tertiary/aromatic N) is 1. The second-order valence-corrected chi connectivity index (χ2v) is 17.1. The number of nitrogens with one attached hydrogen (secondary N) is 1. The maximum atomic E-state index is 12.8. The molecule has 0 aromatic heterocycles. The Balaban J connectivity index is 4.33. The summed E-state index contributed by atoms with van der Waals surface area (Å²) in [5.74, 6) is -0.198. The number of aliphatic hydroxyl groups is 1. The van der Waals surface area contributed by atoms with E-state index in [0.717, 1.165) is 51.4 Å². The van der Waals surface area contributed by atoms with Crippen LogP contribution in [0.25, 0.3) is 0 Å². The smallest absolute Gasteiger partial charge is 0.387 e. The number of unbranched alkanes of at least 4 members (excludes halogenated alkanes) is 19. The quantitative estimate of drug-likeness (QED) is 0.0250. The fourth-order valence-electron chi connectivity index (χ4n) is 5.84. The highest BCUT2D eigenvalue weighted by Crippen LogP contribution is 2.43. The molecular weight excluding hydrogens is 683 g/mol. The minimum absolute atomic E-state index is 0.0518. The second kappa shape index (κ2) is 36.1. The van der Waals surface area contributed by atoms with Crippen LogP contribution in [0.1, 0.15) is 174 Å². The maximum Gasteiger partial charge on any atom is 0.472 e. The average molecular weight is 768 g/mol. The number of carbonyl (C=O) groups is 1. The topological polar surface area (TPSA) is 105 Å². The molecule has 0 aromatic rings. The zero-order chi connectivity index (χ0) is 39.3. The van der Waals surface area contributed by atoms with Gasteiger partial charge in [-0.25, -0.2) is 4.57 Å². The number of hydrogen-bond donors (Lipinski definition) is 3. The molecule has 0 aromatic carbocycles. The Morgan fingerprint density at radius 3 is 1.60 bits per heavy atom. The molecule has 0 aliphatic rings. The number of amides is 1. The fraction of sp³-hybridized carbons (Fsp3) is 0.795.